The van der Waals surface area contributed by atoms with Crippen molar-refractivity contribution in [1.29, 1.82) is 0 Å². The fourth-order valence-corrected chi connectivity index (χ4v) is 2.41. The highest BCUT2D eigenvalue weighted by atomic mass is 16.5. The molecular formula is C18H27N3O3. The fraction of sp³-hybridized carbons (Fsp3) is 0.611. The first kappa shape index (κ1) is 19.8. The lowest BCUT2D eigenvalue weighted by Gasteiger charge is -2.05. The number of rotatable bonds is 13. The van der Waals surface area contributed by atoms with E-state index in [1.165, 1.54) is 37.8 Å². The van der Waals surface area contributed by atoms with E-state index in [4.69, 9.17) is 15.4 Å². The second kappa shape index (κ2) is 13.3. The van der Waals surface area contributed by atoms with Gasteiger partial charge in [0.25, 0.3) is 0 Å². The molecule has 1 rings (SSSR count). The van der Waals surface area contributed by atoms with Crippen molar-refractivity contribution in [3.63, 3.8) is 0 Å². The molecule has 1 N–H and O–H groups in total. The molecule has 0 spiro atoms. The van der Waals surface area contributed by atoms with Gasteiger partial charge >= 0.3 is 5.97 Å². The minimum atomic E-state index is -0.337. The molecule has 0 radical (unpaired) electrons. The molecule has 0 fully saturated rings. The highest BCUT2D eigenvalue weighted by Crippen LogP contribution is 2.12. The summed E-state index contributed by atoms with van der Waals surface area (Å²) in [7, 11) is 0. The van der Waals surface area contributed by atoms with Gasteiger partial charge in [0.15, 0.2) is 0 Å². The van der Waals surface area contributed by atoms with Gasteiger partial charge in [-0.15, -0.1) is 0 Å². The fourth-order valence-electron chi connectivity index (χ4n) is 2.41. The van der Waals surface area contributed by atoms with Crippen molar-refractivity contribution < 1.29 is 14.6 Å². The molecule has 0 bridgehead atoms. The lowest BCUT2D eigenvalue weighted by Crippen LogP contribution is -2.06. The number of benzene rings is 1. The first-order valence-electron chi connectivity index (χ1n) is 8.71. The van der Waals surface area contributed by atoms with Crippen LogP contribution in [0, 0.1) is 0 Å². The first-order valence-corrected chi connectivity index (χ1v) is 8.71. The van der Waals surface area contributed by atoms with Crippen LogP contribution in [0.15, 0.2) is 29.4 Å². The van der Waals surface area contributed by atoms with Gasteiger partial charge < -0.3 is 9.84 Å². The zero-order chi connectivity index (χ0) is 17.5. The van der Waals surface area contributed by atoms with Crippen LogP contribution in [-0.2, 0) is 4.74 Å². The Morgan fingerprint density at radius 3 is 2.08 bits per heavy atom. The number of hydrogen-bond acceptors (Lipinski definition) is 4. The van der Waals surface area contributed by atoms with Crippen molar-refractivity contribution in [3.05, 3.63) is 40.3 Å². The predicted octanol–water partition coefficient (Wildman–Crippen LogP) is 5.37. The van der Waals surface area contributed by atoms with Crippen molar-refractivity contribution in [2.75, 3.05) is 13.2 Å². The predicted molar refractivity (Wildman–Crippen MR) is 94.0 cm³/mol. The first-order chi connectivity index (χ1) is 11.7. The van der Waals surface area contributed by atoms with Gasteiger partial charge in [-0.2, -0.15) is 0 Å². The summed E-state index contributed by atoms with van der Waals surface area (Å²) in [5.41, 5.74) is 8.61. The van der Waals surface area contributed by atoms with Crippen molar-refractivity contribution in [2.45, 2.75) is 57.8 Å². The highest BCUT2D eigenvalue weighted by molar-refractivity contribution is 5.89. The number of unbranched alkanes of at least 4 members (excludes halogenated alkanes) is 8. The summed E-state index contributed by atoms with van der Waals surface area (Å²) in [4.78, 5) is 14.5. The van der Waals surface area contributed by atoms with Crippen LogP contribution in [0.3, 0.4) is 0 Å². The third-order valence-electron chi connectivity index (χ3n) is 3.80. The molecule has 0 aliphatic rings. The second-order valence-corrected chi connectivity index (χ2v) is 5.82. The molecule has 0 atom stereocenters. The van der Waals surface area contributed by atoms with Crippen LogP contribution in [0.1, 0.15) is 68.1 Å². The molecule has 0 saturated heterocycles. The average molecular weight is 333 g/mol. The maximum Gasteiger partial charge on any atom is 0.338 e. The van der Waals surface area contributed by atoms with E-state index in [0.29, 0.717) is 18.7 Å². The minimum absolute atomic E-state index is 0.141. The number of phenols is 1. The number of nitrogens with zero attached hydrogens (tertiary/aromatic N) is 3. The number of carbonyl (C=O) groups excluding carboxylic acids is 1. The molecule has 6 nitrogen and oxygen atoms in total. The smallest absolute Gasteiger partial charge is 0.338 e. The maximum atomic E-state index is 11.7. The lowest BCUT2D eigenvalue weighted by molar-refractivity contribution is 0.0497. The zero-order valence-electron chi connectivity index (χ0n) is 14.2. The van der Waals surface area contributed by atoms with E-state index in [0.717, 1.165) is 32.1 Å². The van der Waals surface area contributed by atoms with E-state index in [9.17, 15) is 4.79 Å². The van der Waals surface area contributed by atoms with Crippen molar-refractivity contribution >= 4 is 5.97 Å². The molecule has 0 saturated carbocycles. The van der Waals surface area contributed by atoms with Gasteiger partial charge in [-0.25, -0.2) is 4.79 Å². The van der Waals surface area contributed by atoms with E-state index >= 15 is 0 Å². The third-order valence-corrected chi connectivity index (χ3v) is 3.80. The summed E-state index contributed by atoms with van der Waals surface area (Å²) in [6.07, 6.45) is 10.1. The normalized spacial score (nSPS) is 10.2. The molecular weight excluding hydrogens is 306 g/mol. The monoisotopic (exact) mass is 333 g/mol. The molecule has 1 aromatic carbocycles. The van der Waals surface area contributed by atoms with Gasteiger partial charge in [0.1, 0.15) is 5.75 Å². The SMILES string of the molecule is [N-]=[N+]=NCCCCCCCCCCCOC(=O)c1ccc(O)cc1. The number of hydrogen-bond donors (Lipinski definition) is 1. The van der Waals surface area contributed by atoms with Crippen LogP contribution >= 0.6 is 0 Å². The van der Waals surface area contributed by atoms with Crippen LogP contribution < -0.4 is 0 Å². The molecule has 0 heterocycles. The molecule has 0 aromatic heterocycles. The quantitative estimate of drug-likeness (QED) is 0.173. The van der Waals surface area contributed by atoms with Crippen molar-refractivity contribution in [1.82, 2.24) is 0 Å². The Bertz CT molecular complexity index is 511. The number of esters is 1. The van der Waals surface area contributed by atoms with Crippen molar-refractivity contribution in [2.24, 2.45) is 5.11 Å². The second-order valence-electron chi connectivity index (χ2n) is 5.82. The summed E-state index contributed by atoms with van der Waals surface area (Å²) >= 11 is 0. The number of carbonyl (C=O) groups is 1. The standard InChI is InChI=1S/C18H27N3O3/c19-21-20-14-8-6-4-2-1-3-5-7-9-15-24-18(23)16-10-12-17(22)13-11-16/h10-13,22H,1-9,14-15H2. The molecule has 24 heavy (non-hydrogen) atoms. The van der Waals surface area contributed by atoms with Crippen molar-refractivity contribution in [3.8, 4) is 5.75 Å². The Morgan fingerprint density at radius 2 is 1.50 bits per heavy atom. The van der Waals surface area contributed by atoms with Gasteiger partial charge in [0.2, 0.25) is 0 Å². The average Bonchev–Trinajstić information content (AvgIpc) is 2.59. The number of ether oxygens (including phenoxy) is 1. The number of phenolic OH excluding ortho intramolecular Hbond substituents is 1. The highest BCUT2D eigenvalue weighted by Gasteiger charge is 2.06. The number of azide groups is 1. The van der Waals surface area contributed by atoms with Gasteiger partial charge in [-0.1, -0.05) is 50.1 Å². The van der Waals surface area contributed by atoms with Crippen LogP contribution in [-0.4, -0.2) is 24.2 Å². The molecule has 0 aliphatic heterocycles. The van der Waals surface area contributed by atoms with Gasteiger partial charge in [0.05, 0.1) is 12.2 Å². The topological polar surface area (TPSA) is 95.3 Å². The Labute approximate surface area is 143 Å². The molecule has 0 unspecified atom stereocenters. The molecule has 1 aromatic rings. The summed E-state index contributed by atoms with van der Waals surface area (Å²) in [6, 6.07) is 6.08. The molecule has 132 valence electrons. The Balaban J connectivity index is 1.89. The number of aromatic hydroxyl groups is 1. The third kappa shape index (κ3) is 9.74. The Morgan fingerprint density at radius 1 is 0.958 bits per heavy atom. The molecule has 0 amide bonds. The molecule has 6 heteroatoms. The maximum absolute atomic E-state index is 11.7. The van der Waals surface area contributed by atoms with Crippen LogP contribution in [0.25, 0.3) is 10.4 Å². The summed E-state index contributed by atoms with van der Waals surface area (Å²) < 4.78 is 5.20. The van der Waals surface area contributed by atoms with Gasteiger partial charge in [-0.3, -0.25) is 0 Å². The summed E-state index contributed by atoms with van der Waals surface area (Å²) in [5.74, 6) is -0.196. The Hall–Kier alpha value is -2.20. The zero-order valence-corrected chi connectivity index (χ0v) is 14.2. The van der Waals surface area contributed by atoms with E-state index in [-0.39, 0.29) is 11.7 Å². The largest absolute Gasteiger partial charge is 0.508 e. The van der Waals surface area contributed by atoms with E-state index in [1.807, 2.05) is 0 Å². The van der Waals surface area contributed by atoms with Crippen LogP contribution in [0.5, 0.6) is 5.75 Å². The Kier molecular flexibility index (Phi) is 11.0. The van der Waals surface area contributed by atoms with Gasteiger partial charge in [-0.05, 0) is 42.6 Å². The molecule has 0 aliphatic carbocycles. The van der Waals surface area contributed by atoms with E-state index in [1.54, 1.807) is 12.1 Å². The minimum Gasteiger partial charge on any atom is -0.508 e. The lowest BCUT2D eigenvalue weighted by atomic mass is 10.1. The van der Waals surface area contributed by atoms with Crippen LogP contribution in [0.4, 0.5) is 0 Å². The van der Waals surface area contributed by atoms with E-state index < -0.39 is 0 Å². The summed E-state index contributed by atoms with van der Waals surface area (Å²) in [6.45, 7) is 1.05. The van der Waals surface area contributed by atoms with Crippen LogP contribution in [0.2, 0.25) is 0 Å². The summed E-state index contributed by atoms with van der Waals surface area (Å²) in [5, 5.41) is 12.7. The van der Waals surface area contributed by atoms with Gasteiger partial charge in [0, 0.05) is 11.5 Å². The van der Waals surface area contributed by atoms with E-state index in [2.05, 4.69) is 10.0 Å².